The number of carbonyl (C=O) groups is 1. The van der Waals surface area contributed by atoms with Crippen LogP contribution in [0.15, 0.2) is 24.3 Å². The molecule has 1 aliphatic heterocycles. The SMILES string of the molecule is CC(N)C(=O)NCc1ccccc1CN1CCCCCC1. The molecule has 0 aromatic heterocycles. The minimum Gasteiger partial charge on any atom is -0.351 e. The van der Waals surface area contributed by atoms with Gasteiger partial charge in [-0.1, -0.05) is 37.1 Å². The molecule has 2 rings (SSSR count). The molecule has 1 fully saturated rings. The van der Waals surface area contributed by atoms with Gasteiger partial charge in [-0.2, -0.15) is 0 Å². The van der Waals surface area contributed by atoms with Crippen LogP contribution in [-0.4, -0.2) is 29.9 Å². The largest absolute Gasteiger partial charge is 0.351 e. The number of nitrogens with two attached hydrogens (primary N) is 1. The summed E-state index contributed by atoms with van der Waals surface area (Å²) < 4.78 is 0. The van der Waals surface area contributed by atoms with E-state index in [-0.39, 0.29) is 5.91 Å². The fraction of sp³-hybridized carbons (Fsp3) is 0.588. The van der Waals surface area contributed by atoms with E-state index in [0.717, 1.165) is 6.54 Å². The maximum Gasteiger partial charge on any atom is 0.236 e. The van der Waals surface area contributed by atoms with Crippen LogP contribution in [0.4, 0.5) is 0 Å². The fourth-order valence-corrected chi connectivity index (χ4v) is 2.76. The molecule has 0 radical (unpaired) electrons. The van der Waals surface area contributed by atoms with Gasteiger partial charge in [0.05, 0.1) is 6.04 Å². The second-order valence-electron chi connectivity index (χ2n) is 5.97. The van der Waals surface area contributed by atoms with Gasteiger partial charge in [0.25, 0.3) is 0 Å². The van der Waals surface area contributed by atoms with Crippen molar-refractivity contribution in [1.82, 2.24) is 10.2 Å². The lowest BCUT2D eigenvalue weighted by Crippen LogP contribution is -2.38. The number of nitrogens with one attached hydrogen (secondary N) is 1. The Morgan fingerprint density at radius 2 is 1.81 bits per heavy atom. The first-order valence-electron chi connectivity index (χ1n) is 7.99. The number of hydrogen-bond donors (Lipinski definition) is 2. The summed E-state index contributed by atoms with van der Waals surface area (Å²) in [5.41, 5.74) is 8.08. The van der Waals surface area contributed by atoms with Crippen molar-refractivity contribution < 1.29 is 4.79 Å². The number of likely N-dealkylation sites (tertiary alicyclic amines) is 1. The second kappa shape index (κ2) is 8.15. The first-order chi connectivity index (χ1) is 10.2. The van der Waals surface area contributed by atoms with E-state index in [1.807, 2.05) is 6.07 Å². The third kappa shape index (κ3) is 5.14. The predicted molar refractivity (Wildman–Crippen MR) is 85.7 cm³/mol. The molecular formula is C17H27N3O. The maximum absolute atomic E-state index is 11.6. The Morgan fingerprint density at radius 1 is 1.19 bits per heavy atom. The molecule has 1 aliphatic rings. The van der Waals surface area contributed by atoms with Crippen LogP contribution in [0.2, 0.25) is 0 Å². The van der Waals surface area contributed by atoms with E-state index in [1.54, 1.807) is 6.92 Å². The van der Waals surface area contributed by atoms with Crippen LogP contribution in [-0.2, 0) is 17.9 Å². The molecule has 0 bridgehead atoms. The molecule has 0 saturated carbocycles. The van der Waals surface area contributed by atoms with Crippen molar-refractivity contribution in [3.05, 3.63) is 35.4 Å². The molecule has 0 spiro atoms. The van der Waals surface area contributed by atoms with E-state index in [0.29, 0.717) is 6.54 Å². The minimum absolute atomic E-state index is 0.0976. The van der Waals surface area contributed by atoms with Crippen molar-refractivity contribution in [2.24, 2.45) is 5.73 Å². The summed E-state index contributed by atoms with van der Waals surface area (Å²) in [6.07, 6.45) is 5.29. The Hall–Kier alpha value is -1.39. The summed E-state index contributed by atoms with van der Waals surface area (Å²) in [6.45, 7) is 5.61. The average Bonchev–Trinajstić information content (AvgIpc) is 2.74. The maximum atomic E-state index is 11.6. The van der Waals surface area contributed by atoms with Gasteiger partial charge >= 0.3 is 0 Å². The van der Waals surface area contributed by atoms with Crippen LogP contribution in [0.1, 0.15) is 43.7 Å². The van der Waals surface area contributed by atoms with E-state index in [1.165, 1.54) is 49.9 Å². The van der Waals surface area contributed by atoms with E-state index in [2.05, 4.69) is 28.4 Å². The molecule has 1 heterocycles. The standard InChI is InChI=1S/C17H27N3O/c1-14(18)17(21)19-12-15-8-4-5-9-16(15)13-20-10-6-2-3-7-11-20/h4-5,8-9,14H,2-3,6-7,10-13,18H2,1H3,(H,19,21). The Morgan fingerprint density at radius 3 is 2.43 bits per heavy atom. The van der Waals surface area contributed by atoms with Gasteiger partial charge in [0, 0.05) is 13.1 Å². The first-order valence-corrected chi connectivity index (χ1v) is 7.99. The predicted octanol–water partition coefficient (Wildman–Crippen LogP) is 2.03. The van der Waals surface area contributed by atoms with E-state index in [4.69, 9.17) is 5.73 Å². The normalized spacial score (nSPS) is 18.0. The molecule has 1 aromatic carbocycles. The smallest absolute Gasteiger partial charge is 0.236 e. The zero-order valence-electron chi connectivity index (χ0n) is 13.0. The molecule has 1 unspecified atom stereocenters. The van der Waals surface area contributed by atoms with E-state index >= 15 is 0 Å². The zero-order chi connectivity index (χ0) is 15.1. The summed E-state index contributed by atoms with van der Waals surface area (Å²) in [5.74, 6) is -0.0976. The lowest BCUT2D eigenvalue weighted by atomic mass is 10.1. The number of carbonyl (C=O) groups excluding carboxylic acids is 1. The van der Waals surface area contributed by atoms with Gasteiger partial charge in [0.15, 0.2) is 0 Å². The van der Waals surface area contributed by atoms with Gasteiger partial charge in [-0.15, -0.1) is 0 Å². The van der Waals surface area contributed by atoms with Crippen molar-refractivity contribution in [2.45, 2.75) is 51.7 Å². The highest BCUT2D eigenvalue weighted by Crippen LogP contribution is 2.16. The lowest BCUT2D eigenvalue weighted by Gasteiger charge is -2.21. The highest BCUT2D eigenvalue weighted by atomic mass is 16.2. The summed E-state index contributed by atoms with van der Waals surface area (Å²) >= 11 is 0. The number of hydrogen-bond acceptors (Lipinski definition) is 3. The first kappa shape index (κ1) is 16.0. The third-order valence-corrected chi connectivity index (χ3v) is 4.08. The molecule has 21 heavy (non-hydrogen) atoms. The summed E-state index contributed by atoms with van der Waals surface area (Å²) in [7, 11) is 0. The molecule has 1 amide bonds. The number of nitrogens with zero attached hydrogens (tertiary/aromatic N) is 1. The molecule has 1 aromatic rings. The van der Waals surface area contributed by atoms with Gasteiger partial charge in [-0.05, 0) is 44.0 Å². The van der Waals surface area contributed by atoms with Gasteiger partial charge in [-0.25, -0.2) is 0 Å². The average molecular weight is 289 g/mol. The summed E-state index contributed by atoms with van der Waals surface area (Å²) in [4.78, 5) is 14.1. The molecule has 116 valence electrons. The highest BCUT2D eigenvalue weighted by molar-refractivity contribution is 5.80. The fourth-order valence-electron chi connectivity index (χ4n) is 2.76. The van der Waals surface area contributed by atoms with Crippen molar-refractivity contribution >= 4 is 5.91 Å². The molecule has 0 aliphatic carbocycles. The molecule has 4 heteroatoms. The van der Waals surface area contributed by atoms with Crippen molar-refractivity contribution in [3.63, 3.8) is 0 Å². The van der Waals surface area contributed by atoms with Gasteiger partial charge < -0.3 is 11.1 Å². The molecule has 1 atom stereocenters. The molecule has 3 N–H and O–H groups in total. The number of benzene rings is 1. The summed E-state index contributed by atoms with van der Waals surface area (Å²) in [6, 6.07) is 7.90. The van der Waals surface area contributed by atoms with Crippen LogP contribution in [0.5, 0.6) is 0 Å². The Labute approximate surface area is 127 Å². The van der Waals surface area contributed by atoms with Gasteiger partial charge in [0.1, 0.15) is 0 Å². The Bertz CT molecular complexity index is 451. The molecular weight excluding hydrogens is 262 g/mol. The summed E-state index contributed by atoms with van der Waals surface area (Å²) in [5, 5.41) is 2.91. The number of amides is 1. The second-order valence-corrected chi connectivity index (χ2v) is 5.97. The van der Waals surface area contributed by atoms with Crippen LogP contribution in [0.3, 0.4) is 0 Å². The van der Waals surface area contributed by atoms with Crippen molar-refractivity contribution in [2.75, 3.05) is 13.1 Å². The Kier molecular flexibility index (Phi) is 6.21. The zero-order valence-corrected chi connectivity index (χ0v) is 13.0. The molecule has 1 saturated heterocycles. The monoisotopic (exact) mass is 289 g/mol. The van der Waals surface area contributed by atoms with Crippen molar-refractivity contribution in [3.8, 4) is 0 Å². The van der Waals surface area contributed by atoms with Crippen LogP contribution >= 0.6 is 0 Å². The Balaban J connectivity index is 1.97. The number of rotatable bonds is 5. The highest BCUT2D eigenvalue weighted by Gasteiger charge is 2.12. The lowest BCUT2D eigenvalue weighted by molar-refractivity contribution is -0.122. The minimum atomic E-state index is -0.456. The van der Waals surface area contributed by atoms with Crippen molar-refractivity contribution in [1.29, 1.82) is 0 Å². The van der Waals surface area contributed by atoms with Crippen LogP contribution in [0.25, 0.3) is 0 Å². The van der Waals surface area contributed by atoms with E-state index in [9.17, 15) is 4.79 Å². The van der Waals surface area contributed by atoms with Gasteiger partial charge in [-0.3, -0.25) is 9.69 Å². The molecule has 4 nitrogen and oxygen atoms in total. The quantitative estimate of drug-likeness (QED) is 0.872. The third-order valence-electron chi connectivity index (χ3n) is 4.08. The van der Waals surface area contributed by atoms with E-state index < -0.39 is 6.04 Å². The van der Waals surface area contributed by atoms with Crippen LogP contribution < -0.4 is 11.1 Å². The van der Waals surface area contributed by atoms with Gasteiger partial charge in [0.2, 0.25) is 5.91 Å². The topological polar surface area (TPSA) is 58.4 Å². The van der Waals surface area contributed by atoms with Crippen LogP contribution in [0, 0.1) is 0 Å².